The van der Waals surface area contributed by atoms with Crippen LogP contribution in [-0.4, -0.2) is 24.4 Å². The molecule has 0 saturated heterocycles. The number of carbonyl (C=O) groups is 2. The third-order valence-corrected chi connectivity index (χ3v) is 2.96. The first kappa shape index (κ1) is 16.2. The van der Waals surface area contributed by atoms with Crippen LogP contribution in [0.1, 0.15) is 31.7 Å². The molecule has 0 spiro atoms. The lowest BCUT2D eigenvalue weighted by Gasteiger charge is -2.11. The molecule has 110 valence electrons. The normalized spacial score (nSPS) is 11.7. The topological polar surface area (TPSA) is 84.2 Å². The molecular formula is C15H23N3O2. The largest absolute Gasteiger partial charge is 0.350 e. The molecule has 1 rings (SSSR count). The lowest BCUT2D eigenvalue weighted by molar-refractivity contribution is -0.127. The van der Waals surface area contributed by atoms with Crippen molar-refractivity contribution < 1.29 is 9.59 Å². The van der Waals surface area contributed by atoms with Crippen LogP contribution in [0.25, 0.3) is 0 Å². The van der Waals surface area contributed by atoms with Gasteiger partial charge < -0.3 is 16.4 Å². The smallest absolute Gasteiger partial charge is 0.239 e. The Morgan fingerprint density at radius 3 is 2.55 bits per heavy atom. The highest BCUT2D eigenvalue weighted by Gasteiger charge is 2.13. The molecule has 0 radical (unpaired) electrons. The van der Waals surface area contributed by atoms with Crippen molar-refractivity contribution >= 4 is 11.8 Å². The van der Waals surface area contributed by atoms with Gasteiger partial charge in [-0.05, 0) is 12.0 Å². The summed E-state index contributed by atoms with van der Waals surface area (Å²) in [7, 11) is 0. The molecule has 2 amide bonds. The fourth-order valence-electron chi connectivity index (χ4n) is 1.71. The van der Waals surface area contributed by atoms with Crippen molar-refractivity contribution in [2.75, 3.05) is 6.54 Å². The number of unbranched alkanes of at least 4 members (excludes halogenated alkanes) is 1. The number of hydrogen-bond acceptors (Lipinski definition) is 3. The standard InChI is InChI=1S/C15H23N3O2/c1-2-3-9-13(16)15(20)18-11-14(19)17-10-12-7-5-4-6-8-12/h4-8,13H,2-3,9-11,16H2,1H3,(H,17,19)(H,18,20). The van der Waals surface area contributed by atoms with E-state index in [-0.39, 0.29) is 18.4 Å². The molecule has 5 nitrogen and oxygen atoms in total. The zero-order chi connectivity index (χ0) is 14.8. The Bertz CT molecular complexity index is 420. The number of nitrogens with two attached hydrogens (primary N) is 1. The van der Waals surface area contributed by atoms with Crippen LogP contribution in [0.15, 0.2) is 30.3 Å². The van der Waals surface area contributed by atoms with Crippen molar-refractivity contribution in [2.45, 2.75) is 38.8 Å². The van der Waals surface area contributed by atoms with Gasteiger partial charge >= 0.3 is 0 Å². The molecule has 1 unspecified atom stereocenters. The highest BCUT2D eigenvalue weighted by Crippen LogP contribution is 1.98. The van der Waals surface area contributed by atoms with E-state index in [1.165, 1.54) is 0 Å². The van der Waals surface area contributed by atoms with Crippen LogP contribution < -0.4 is 16.4 Å². The van der Waals surface area contributed by atoms with Gasteiger partial charge in [-0.25, -0.2) is 0 Å². The minimum absolute atomic E-state index is 0.0362. The molecule has 4 N–H and O–H groups in total. The summed E-state index contributed by atoms with van der Waals surface area (Å²) in [6.07, 6.45) is 2.56. The van der Waals surface area contributed by atoms with E-state index in [4.69, 9.17) is 5.73 Å². The quantitative estimate of drug-likeness (QED) is 0.661. The molecule has 0 aromatic heterocycles. The molecular weight excluding hydrogens is 254 g/mol. The summed E-state index contributed by atoms with van der Waals surface area (Å²) in [5.41, 5.74) is 6.73. The summed E-state index contributed by atoms with van der Waals surface area (Å²) in [4.78, 5) is 23.2. The van der Waals surface area contributed by atoms with Gasteiger partial charge in [-0.2, -0.15) is 0 Å². The van der Waals surface area contributed by atoms with E-state index >= 15 is 0 Å². The predicted octanol–water partition coefficient (Wildman–Crippen LogP) is 0.937. The Kier molecular flexibility index (Phi) is 7.35. The Morgan fingerprint density at radius 1 is 1.20 bits per heavy atom. The molecule has 20 heavy (non-hydrogen) atoms. The van der Waals surface area contributed by atoms with Crippen LogP contribution in [0.2, 0.25) is 0 Å². The molecule has 1 aromatic carbocycles. The van der Waals surface area contributed by atoms with Gasteiger partial charge in [0.2, 0.25) is 11.8 Å². The predicted molar refractivity (Wildman–Crippen MR) is 78.8 cm³/mol. The first-order valence-corrected chi connectivity index (χ1v) is 6.97. The fraction of sp³-hybridized carbons (Fsp3) is 0.467. The number of nitrogens with one attached hydrogen (secondary N) is 2. The van der Waals surface area contributed by atoms with Gasteiger partial charge in [0, 0.05) is 6.54 Å². The fourth-order valence-corrected chi connectivity index (χ4v) is 1.71. The van der Waals surface area contributed by atoms with Crippen LogP contribution in [0.4, 0.5) is 0 Å². The van der Waals surface area contributed by atoms with Crippen LogP contribution >= 0.6 is 0 Å². The average molecular weight is 277 g/mol. The highest BCUT2D eigenvalue weighted by atomic mass is 16.2. The van der Waals surface area contributed by atoms with E-state index in [0.717, 1.165) is 18.4 Å². The van der Waals surface area contributed by atoms with Crippen LogP contribution in [0.3, 0.4) is 0 Å². The number of hydrogen-bond donors (Lipinski definition) is 3. The van der Waals surface area contributed by atoms with E-state index in [0.29, 0.717) is 13.0 Å². The van der Waals surface area contributed by atoms with Gasteiger partial charge in [-0.15, -0.1) is 0 Å². The maximum absolute atomic E-state index is 11.6. The molecule has 0 heterocycles. The third-order valence-electron chi connectivity index (χ3n) is 2.96. The molecule has 0 bridgehead atoms. The first-order chi connectivity index (χ1) is 9.63. The third kappa shape index (κ3) is 6.33. The Morgan fingerprint density at radius 2 is 1.90 bits per heavy atom. The van der Waals surface area contributed by atoms with Crippen molar-refractivity contribution in [1.82, 2.24) is 10.6 Å². The van der Waals surface area contributed by atoms with Crippen LogP contribution in [-0.2, 0) is 16.1 Å². The Balaban J connectivity index is 2.21. The monoisotopic (exact) mass is 277 g/mol. The number of benzene rings is 1. The van der Waals surface area contributed by atoms with Crippen LogP contribution in [0, 0.1) is 0 Å². The van der Waals surface area contributed by atoms with Gasteiger partial charge in [0.05, 0.1) is 12.6 Å². The molecule has 0 aliphatic heterocycles. The van der Waals surface area contributed by atoms with E-state index in [1.807, 2.05) is 37.3 Å². The highest BCUT2D eigenvalue weighted by molar-refractivity contribution is 5.87. The molecule has 1 aromatic rings. The van der Waals surface area contributed by atoms with Crippen molar-refractivity contribution in [2.24, 2.45) is 5.73 Å². The molecule has 1 atom stereocenters. The maximum atomic E-state index is 11.6. The van der Waals surface area contributed by atoms with Crippen LogP contribution in [0.5, 0.6) is 0 Å². The summed E-state index contributed by atoms with van der Waals surface area (Å²) < 4.78 is 0. The van der Waals surface area contributed by atoms with Gasteiger partial charge in [0.25, 0.3) is 0 Å². The summed E-state index contributed by atoms with van der Waals surface area (Å²) in [5, 5.41) is 5.29. The summed E-state index contributed by atoms with van der Waals surface area (Å²) >= 11 is 0. The lowest BCUT2D eigenvalue weighted by atomic mass is 10.1. The maximum Gasteiger partial charge on any atom is 0.239 e. The van der Waals surface area contributed by atoms with Crippen molar-refractivity contribution in [3.8, 4) is 0 Å². The lowest BCUT2D eigenvalue weighted by Crippen LogP contribution is -2.44. The van der Waals surface area contributed by atoms with E-state index in [9.17, 15) is 9.59 Å². The zero-order valence-electron chi connectivity index (χ0n) is 11.9. The van der Waals surface area contributed by atoms with Gasteiger partial charge in [-0.3, -0.25) is 9.59 Å². The van der Waals surface area contributed by atoms with Crippen molar-refractivity contribution in [3.63, 3.8) is 0 Å². The minimum atomic E-state index is -0.531. The van der Waals surface area contributed by atoms with E-state index < -0.39 is 6.04 Å². The molecule has 0 fully saturated rings. The van der Waals surface area contributed by atoms with E-state index in [1.54, 1.807) is 0 Å². The number of amides is 2. The summed E-state index contributed by atoms with van der Waals surface area (Å²) in [6.45, 7) is 2.46. The van der Waals surface area contributed by atoms with Gasteiger partial charge in [0.15, 0.2) is 0 Å². The molecule has 0 aliphatic rings. The van der Waals surface area contributed by atoms with Crippen molar-refractivity contribution in [3.05, 3.63) is 35.9 Å². The SMILES string of the molecule is CCCCC(N)C(=O)NCC(=O)NCc1ccccc1. The van der Waals surface area contributed by atoms with E-state index in [2.05, 4.69) is 10.6 Å². The molecule has 0 saturated carbocycles. The van der Waals surface area contributed by atoms with Gasteiger partial charge in [0.1, 0.15) is 0 Å². The number of carbonyl (C=O) groups excluding carboxylic acids is 2. The first-order valence-electron chi connectivity index (χ1n) is 6.97. The Hall–Kier alpha value is -1.88. The van der Waals surface area contributed by atoms with Crippen molar-refractivity contribution in [1.29, 1.82) is 0 Å². The second-order valence-corrected chi connectivity index (χ2v) is 4.73. The number of rotatable bonds is 8. The summed E-state index contributed by atoms with van der Waals surface area (Å²) in [5.74, 6) is -0.488. The average Bonchev–Trinajstić information content (AvgIpc) is 2.49. The van der Waals surface area contributed by atoms with Gasteiger partial charge in [-0.1, -0.05) is 50.1 Å². The Labute approximate surface area is 119 Å². The zero-order valence-corrected chi connectivity index (χ0v) is 11.9. The second kappa shape index (κ2) is 9.09. The minimum Gasteiger partial charge on any atom is -0.350 e. The molecule has 5 heteroatoms. The molecule has 0 aliphatic carbocycles. The summed E-state index contributed by atoms with van der Waals surface area (Å²) in [6, 6.07) is 9.07. The second-order valence-electron chi connectivity index (χ2n) is 4.73.